The van der Waals surface area contributed by atoms with Gasteiger partial charge in [0.05, 0.1) is 9.40 Å². The minimum atomic E-state index is -0.383. The Morgan fingerprint density at radius 2 is 2.22 bits per heavy atom. The van der Waals surface area contributed by atoms with Crippen LogP contribution in [0.2, 0.25) is 0 Å². The van der Waals surface area contributed by atoms with Crippen molar-refractivity contribution in [2.75, 3.05) is 20.3 Å². The van der Waals surface area contributed by atoms with Gasteiger partial charge in [-0.2, -0.15) is 0 Å². The fraction of sp³-hybridized carbons (Fsp3) is 0.500. The largest absolute Gasteiger partial charge is 0.385 e. The zero-order valence-electron chi connectivity index (χ0n) is 10.3. The van der Waals surface area contributed by atoms with Crippen molar-refractivity contribution in [2.24, 2.45) is 0 Å². The van der Waals surface area contributed by atoms with E-state index < -0.39 is 0 Å². The SMILES string of the molecule is COCCCCNCc1cccc([N+](=O)[O-])c1Br. The van der Waals surface area contributed by atoms with Crippen LogP contribution in [0.4, 0.5) is 5.69 Å². The van der Waals surface area contributed by atoms with Gasteiger partial charge < -0.3 is 10.1 Å². The fourth-order valence-electron chi connectivity index (χ4n) is 1.56. The number of methoxy groups -OCH3 is 1. The minimum Gasteiger partial charge on any atom is -0.385 e. The Balaban J connectivity index is 2.43. The number of ether oxygens (including phenoxy) is 1. The molecule has 0 saturated carbocycles. The number of unbranched alkanes of at least 4 members (excludes halogenated alkanes) is 1. The number of halogens is 1. The highest BCUT2D eigenvalue weighted by atomic mass is 79.9. The number of nitro benzene ring substituents is 1. The lowest BCUT2D eigenvalue weighted by atomic mass is 10.2. The third-order valence-electron chi connectivity index (χ3n) is 2.52. The first-order chi connectivity index (χ1) is 8.66. The summed E-state index contributed by atoms with van der Waals surface area (Å²) in [5.74, 6) is 0. The normalized spacial score (nSPS) is 10.6. The summed E-state index contributed by atoms with van der Waals surface area (Å²) in [6, 6.07) is 5.07. The molecule has 0 amide bonds. The molecule has 0 heterocycles. The summed E-state index contributed by atoms with van der Waals surface area (Å²) in [7, 11) is 1.69. The van der Waals surface area contributed by atoms with Gasteiger partial charge in [0.2, 0.25) is 0 Å². The van der Waals surface area contributed by atoms with Crippen LogP contribution < -0.4 is 5.32 Å². The molecule has 0 aliphatic rings. The molecule has 0 saturated heterocycles. The Hall–Kier alpha value is -0.980. The maximum absolute atomic E-state index is 10.8. The molecular weight excluding hydrogens is 300 g/mol. The Morgan fingerprint density at radius 3 is 2.89 bits per heavy atom. The van der Waals surface area contributed by atoms with Crippen molar-refractivity contribution >= 4 is 21.6 Å². The number of hydrogen-bond donors (Lipinski definition) is 1. The van der Waals surface area contributed by atoms with Crippen molar-refractivity contribution in [3.05, 3.63) is 38.3 Å². The summed E-state index contributed by atoms with van der Waals surface area (Å²) in [4.78, 5) is 10.4. The van der Waals surface area contributed by atoms with Gasteiger partial charge in [-0.25, -0.2) is 0 Å². The Bertz CT molecular complexity index is 399. The number of nitrogens with zero attached hydrogens (tertiary/aromatic N) is 1. The standard InChI is InChI=1S/C12H17BrN2O3/c1-18-8-3-2-7-14-9-10-5-4-6-11(12(10)13)15(16)17/h4-6,14H,2-3,7-9H2,1H3. The van der Waals surface area contributed by atoms with Crippen molar-refractivity contribution < 1.29 is 9.66 Å². The van der Waals surface area contributed by atoms with Gasteiger partial charge in [0, 0.05) is 26.3 Å². The minimum absolute atomic E-state index is 0.105. The predicted octanol–water partition coefficient (Wildman–Crippen LogP) is 2.87. The quantitative estimate of drug-likeness (QED) is 0.455. The van der Waals surface area contributed by atoms with Crippen molar-refractivity contribution in [1.29, 1.82) is 0 Å². The van der Waals surface area contributed by atoms with Gasteiger partial charge >= 0.3 is 0 Å². The van der Waals surface area contributed by atoms with E-state index in [2.05, 4.69) is 21.2 Å². The molecule has 0 bridgehead atoms. The number of benzene rings is 1. The third kappa shape index (κ3) is 4.72. The molecular formula is C12H17BrN2O3. The molecule has 5 nitrogen and oxygen atoms in total. The van der Waals surface area contributed by atoms with E-state index in [0.717, 1.165) is 31.6 Å². The monoisotopic (exact) mass is 316 g/mol. The number of hydrogen-bond acceptors (Lipinski definition) is 4. The second-order valence-corrected chi connectivity index (χ2v) is 4.68. The molecule has 1 aromatic rings. The van der Waals surface area contributed by atoms with Crippen molar-refractivity contribution in [2.45, 2.75) is 19.4 Å². The van der Waals surface area contributed by atoms with E-state index in [4.69, 9.17) is 4.74 Å². The molecule has 0 radical (unpaired) electrons. The van der Waals surface area contributed by atoms with Gasteiger partial charge in [-0.05, 0) is 40.9 Å². The first kappa shape index (κ1) is 15.1. The van der Waals surface area contributed by atoms with Crippen LogP contribution in [0.3, 0.4) is 0 Å². The highest BCUT2D eigenvalue weighted by Gasteiger charge is 2.13. The van der Waals surface area contributed by atoms with E-state index in [1.807, 2.05) is 6.07 Å². The molecule has 0 atom stereocenters. The summed E-state index contributed by atoms with van der Waals surface area (Å²) in [5, 5.41) is 14.0. The van der Waals surface area contributed by atoms with E-state index >= 15 is 0 Å². The zero-order valence-corrected chi connectivity index (χ0v) is 11.9. The van der Waals surface area contributed by atoms with Gasteiger partial charge in [-0.15, -0.1) is 0 Å². The highest BCUT2D eigenvalue weighted by molar-refractivity contribution is 9.10. The van der Waals surface area contributed by atoms with Crippen LogP contribution in [0, 0.1) is 10.1 Å². The lowest BCUT2D eigenvalue weighted by molar-refractivity contribution is -0.385. The van der Waals surface area contributed by atoms with E-state index in [9.17, 15) is 10.1 Å². The predicted molar refractivity (Wildman–Crippen MR) is 73.6 cm³/mol. The van der Waals surface area contributed by atoms with Crippen LogP contribution in [0.5, 0.6) is 0 Å². The van der Waals surface area contributed by atoms with Crippen molar-refractivity contribution in [1.82, 2.24) is 5.32 Å². The van der Waals surface area contributed by atoms with Crippen molar-refractivity contribution in [3.8, 4) is 0 Å². The Labute approximate surface area is 115 Å². The van der Waals surface area contributed by atoms with Crippen LogP contribution in [0.15, 0.2) is 22.7 Å². The van der Waals surface area contributed by atoms with E-state index in [0.29, 0.717) is 11.0 Å². The lowest BCUT2D eigenvalue weighted by Gasteiger charge is -2.07. The molecule has 0 aromatic heterocycles. The number of nitrogens with one attached hydrogen (secondary N) is 1. The fourth-order valence-corrected chi connectivity index (χ4v) is 2.11. The summed E-state index contributed by atoms with van der Waals surface area (Å²) in [6.07, 6.45) is 2.04. The number of rotatable bonds is 8. The molecule has 1 rings (SSSR count). The Kier molecular flexibility index (Phi) is 6.85. The molecule has 0 aliphatic heterocycles. The summed E-state index contributed by atoms with van der Waals surface area (Å²) in [5.41, 5.74) is 1.00. The van der Waals surface area contributed by atoms with E-state index in [1.54, 1.807) is 13.2 Å². The third-order valence-corrected chi connectivity index (χ3v) is 3.44. The van der Waals surface area contributed by atoms with E-state index in [1.165, 1.54) is 6.07 Å². The molecule has 18 heavy (non-hydrogen) atoms. The van der Waals surface area contributed by atoms with Gasteiger partial charge in [0.25, 0.3) is 5.69 Å². The van der Waals surface area contributed by atoms with Crippen LogP contribution >= 0.6 is 15.9 Å². The van der Waals surface area contributed by atoms with Gasteiger partial charge in [-0.3, -0.25) is 10.1 Å². The highest BCUT2D eigenvalue weighted by Crippen LogP contribution is 2.27. The number of nitro groups is 1. The maximum Gasteiger partial charge on any atom is 0.283 e. The topological polar surface area (TPSA) is 64.4 Å². The molecule has 0 aliphatic carbocycles. The molecule has 0 fully saturated rings. The maximum atomic E-state index is 10.8. The average molecular weight is 317 g/mol. The van der Waals surface area contributed by atoms with Gasteiger partial charge in [0.15, 0.2) is 0 Å². The van der Waals surface area contributed by atoms with Crippen LogP contribution in [-0.4, -0.2) is 25.2 Å². The Morgan fingerprint density at radius 1 is 1.44 bits per heavy atom. The summed E-state index contributed by atoms with van der Waals surface area (Å²) >= 11 is 3.27. The smallest absolute Gasteiger partial charge is 0.283 e. The molecule has 100 valence electrons. The van der Waals surface area contributed by atoms with Gasteiger partial charge in [0.1, 0.15) is 0 Å². The first-order valence-electron chi connectivity index (χ1n) is 5.78. The first-order valence-corrected chi connectivity index (χ1v) is 6.57. The second-order valence-electron chi connectivity index (χ2n) is 3.88. The van der Waals surface area contributed by atoms with Gasteiger partial charge in [-0.1, -0.05) is 12.1 Å². The molecule has 0 spiro atoms. The molecule has 1 aromatic carbocycles. The molecule has 0 unspecified atom stereocenters. The van der Waals surface area contributed by atoms with Crippen LogP contribution in [0.1, 0.15) is 18.4 Å². The van der Waals surface area contributed by atoms with E-state index in [-0.39, 0.29) is 10.6 Å². The molecule has 1 N–H and O–H groups in total. The lowest BCUT2D eigenvalue weighted by Crippen LogP contribution is -2.15. The van der Waals surface area contributed by atoms with Crippen LogP contribution in [0.25, 0.3) is 0 Å². The van der Waals surface area contributed by atoms with Crippen molar-refractivity contribution in [3.63, 3.8) is 0 Å². The second kappa shape index (κ2) is 8.18. The summed E-state index contributed by atoms with van der Waals surface area (Å²) < 4.78 is 5.51. The summed E-state index contributed by atoms with van der Waals surface area (Å²) in [6.45, 7) is 2.26. The van der Waals surface area contributed by atoms with Crippen LogP contribution in [-0.2, 0) is 11.3 Å². The average Bonchev–Trinajstić information content (AvgIpc) is 2.35. The molecule has 6 heteroatoms. The zero-order chi connectivity index (χ0) is 13.4.